The molecule has 82 valence electrons. The molecule has 0 amide bonds. The average molecular weight is 207 g/mol. The second kappa shape index (κ2) is 3.22. The Morgan fingerprint density at radius 3 is 2.40 bits per heavy atom. The van der Waals surface area contributed by atoms with Crippen LogP contribution in [0.15, 0.2) is 12.1 Å². The molecule has 1 nitrogen and oxygen atoms in total. The molecule has 1 aromatic rings. The summed E-state index contributed by atoms with van der Waals surface area (Å²) < 4.78 is 14.2. The minimum Gasteiger partial charge on any atom is -0.399 e. The maximum Gasteiger partial charge on any atom is 0.130 e. The molecule has 15 heavy (non-hydrogen) atoms. The Balaban J connectivity index is 2.55. The van der Waals surface area contributed by atoms with E-state index in [1.54, 1.807) is 12.1 Å². The Morgan fingerprint density at radius 1 is 1.33 bits per heavy atom. The molecular weight excluding hydrogens is 189 g/mol. The van der Waals surface area contributed by atoms with Crippen LogP contribution in [0.5, 0.6) is 0 Å². The molecule has 0 saturated heterocycles. The SMILES string of the molecule is CC(C)c1cc(N)cc(C2(C)CC2)c1F. The molecule has 0 unspecified atom stereocenters. The first kappa shape index (κ1) is 10.5. The zero-order valence-corrected chi connectivity index (χ0v) is 9.60. The first-order valence-electron chi connectivity index (χ1n) is 5.53. The van der Waals surface area contributed by atoms with Crippen LogP contribution in [-0.2, 0) is 5.41 Å². The highest BCUT2D eigenvalue weighted by Crippen LogP contribution is 2.49. The first-order valence-corrected chi connectivity index (χ1v) is 5.53. The normalized spacial score (nSPS) is 18.2. The third-order valence-electron chi connectivity index (χ3n) is 3.40. The molecule has 1 aromatic carbocycles. The van der Waals surface area contributed by atoms with Crippen molar-refractivity contribution in [1.29, 1.82) is 0 Å². The van der Waals surface area contributed by atoms with E-state index in [2.05, 4.69) is 6.92 Å². The van der Waals surface area contributed by atoms with Crippen LogP contribution in [0.4, 0.5) is 10.1 Å². The second-order valence-electron chi connectivity index (χ2n) is 5.19. The van der Waals surface area contributed by atoms with Gasteiger partial charge in [-0.1, -0.05) is 20.8 Å². The van der Waals surface area contributed by atoms with Crippen molar-refractivity contribution in [3.63, 3.8) is 0 Å². The number of halogens is 1. The van der Waals surface area contributed by atoms with E-state index in [1.165, 1.54) is 0 Å². The van der Waals surface area contributed by atoms with E-state index in [0.29, 0.717) is 5.69 Å². The largest absolute Gasteiger partial charge is 0.399 e. The second-order valence-corrected chi connectivity index (χ2v) is 5.19. The van der Waals surface area contributed by atoms with Gasteiger partial charge in [-0.25, -0.2) is 4.39 Å². The Labute approximate surface area is 90.5 Å². The summed E-state index contributed by atoms with van der Waals surface area (Å²) in [4.78, 5) is 0. The van der Waals surface area contributed by atoms with Crippen LogP contribution in [0.25, 0.3) is 0 Å². The predicted octanol–water partition coefficient (Wildman–Crippen LogP) is 3.58. The number of nitrogens with two attached hydrogens (primary N) is 1. The summed E-state index contributed by atoms with van der Waals surface area (Å²) in [5, 5.41) is 0. The molecule has 0 bridgehead atoms. The van der Waals surface area contributed by atoms with Crippen LogP contribution in [-0.4, -0.2) is 0 Å². The Morgan fingerprint density at radius 2 is 1.93 bits per heavy atom. The van der Waals surface area contributed by atoms with Crippen LogP contribution in [0, 0.1) is 5.82 Å². The van der Waals surface area contributed by atoms with Gasteiger partial charge in [0.1, 0.15) is 5.82 Å². The lowest BCUT2D eigenvalue weighted by molar-refractivity contribution is 0.563. The zero-order chi connectivity index (χ0) is 11.2. The standard InChI is InChI=1S/C13H18FN/c1-8(2)10-6-9(15)7-11(12(10)14)13(3)4-5-13/h6-8H,4-5,15H2,1-3H3. The van der Waals surface area contributed by atoms with Gasteiger partial charge in [0.05, 0.1) is 0 Å². The van der Waals surface area contributed by atoms with Crippen molar-refractivity contribution in [2.45, 2.75) is 44.9 Å². The van der Waals surface area contributed by atoms with Gasteiger partial charge in [0.15, 0.2) is 0 Å². The Kier molecular flexibility index (Phi) is 2.25. The minimum absolute atomic E-state index is 0.0424. The number of anilines is 1. The number of nitrogen functional groups attached to an aromatic ring is 1. The molecule has 1 aliphatic carbocycles. The summed E-state index contributed by atoms with van der Waals surface area (Å²) in [7, 11) is 0. The molecular formula is C13H18FN. The number of hydrogen-bond donors (Lipinski definition) is 1. The fourth-order valence-corrected chi connectivity index (χ4v) is 1.99. The van der Waals surface area contributed by atoms with Gasteiger partial charge in [0, 0.05) is 5.69 Å². The van der Waals surface area contributed by atoms with Gasteiger partial charge >= 0.3 is 0 Å². The first-order chi connectivity index (χ1) is 6.94. The van der Waals surface area contributed by atoms with Crippen molar-refractivity contribution < 1.29 is 4.39 Å². The van der Waals surface area contributed by atoms with E-state index in [4.69, 9.17) is 5.73 Å². The van der Waals surface area contributed by atoms with Crippen molar-refractivity contribution in [3.8, 4) is 0 Å². The molecule has 2 N–H and O–H groups in total. The zero-order valence-electron chi connectivity index (χ0n) is 9.60. The van der Waals surface area contributed by atoms with Gasteiger partial charge in [-0.2, -0.15) is 0 Å². The fraction of sp³-hybridized carbons (Fsp3) is 0.538. The van der Waals surface area contributed by atoms with Crippen LogP contribution < -0.4 is 5.73 Å². The van der Waals surface area contributed by atoms with Gasteiger partial charge in [-0.3, -0.25) is 0 Å². The van der Waals surface area contributed by atoms with Crippen molar-refractivity contribution in [2.75, 3.05) is 5.73 Å². The lowest BCUT2D eigenvalue weighted by atomic mass is 9.91. The lowest BCUT2D eigenvalue weighted by Crippen LogP contribution is -2.08. The summed E-state index contributed by atoms with van der Waals surface area (Å²) in [6, 6.07) is 3.56. The van der Waals surface area contributed by atoms with Crippen LogP contribution >= 0.6 is 0 Å². The number of benzene rings is 1. The van der Waals surface area contributed by atoms with Crippen molar-refractivity contribution in [1.82, 2.24) is 0 Å². The Bertz CT molecular complexity index is 392. The van der Waals surface area contributed by atoms with Gasteiger partial charge < -0.3 is 5.73 Å². The molecule has 0 heterocycles. The molecule has 0 spiro atoms. The van der Waals surface area contributed by atoms with E-state index in [0.717, 1.165) is 24.0 Å². The monoisotopic (exact) mass is 207 g/mol. The van der Waals surface area contributed by atoms with Gasteiger partial charge in [-0.15, -0.1) is 0 Å². The Hall–Kier alpha value is -1.05. The van der Waals surface area contributed by atoms with E-state index in [-0.39, 0.29) is 17.2 Å². The minimum atomic E-state index is -0.0424. The highest BCUT2D eigenvalue weighted by Gasteiger charge is 2.41. The molecule has 0 aliphatic heterocycles. The van der Waals surface area contributed by atoms with Gasteiger partial charge in [-0.05, 0) is 47.4 Å². The summed E-state index contributed by atoms with van der Waals surface area (Å²) >= 11 is 0. The molecule has 0 aromatic heterocycles. The molecule has 2 rings (SSSR count). The molecule has 0 radical (unpaired) electrons. The van der Waals surface area contributed by atoms with Crippen LogP contribution in [0.2, 0.25) is 0 Å². The number of rotatable bonds is 2. The van der Waals surface area contributed by atoms with E-state index in [9.17, 15) is 4.39 Å². The third-order valence-corrected chi connectivity index (χ3v) is 3.40. The van der Waals surface area contributed by atoms with Crippen molar-refractivity contribution in [2.24, 2.45) is 0 Å². The molecule has 1 fully saturated rings. The topological polar surface area (TPSA) is 26.0 Å². The lowest BCUT2D eigenvalue weighted by Gasteiger charge is -2.16. The molecule has 1 aliphatic rings. The van der Waals surface area contributed by atoms with E-state index in [1.807, 2.05) is 13.8 Å². The third kappa shape index (κ3) is 1.73. The number of hydrogen-bond acceptors (Lipinski definition) is 1. The molecule has 0 atom stereocenters. The smallest absolute Gasteiger partial charge is 0.130 e. The summed E-state index contributed by atoms with van der Waals surface area (Å²) in [5.74, 6) is 0.147. The van der Waals surface area contributed by atoms with Crippen LogP contribution in [0.1, 0.15) is 50.7 Å². The van der Waals surface area contributed by atoms with E-state index >= 15 is 0 Å². The van der Waals surface area contributed by atoms with Crippen molar-refractivity contribution >= 4 is 5.69 Å². The molecule has 1 saturated carbocycles. The van der Waals surface area contributed by atoms with E-state index < -0.39 is 0 Å². The van der Waals surface area contributed by atoms with Gasteiger partial charge in [0.2, 0.25) is 0 Å². The van der Waals surface area contributed by atoms with Crippen LogP contribution in [0.3, 0.4) is 0 Å². The maximum absolute atomic E-state index is 14.2. The maximum atomic E-state index is 14.2. The summed E-state index contributed by atoms with van der Waals surface area (Å²) in [6.45, 7) is 6.10. The highest BCUT2D eigenvalue weighted by molar-refractivity contribution is 5.50. The average Bonchev–Trinajstić information content (AvgIpc) is 2.88. The summed E-state index contributed by atoms with van der Waals surface area (Å²) in [5.41, 5.74) is 8.11. The van der Waals surface area contributed by atoms with Gasteiger partial charge in [0.25, 0.3) is 0 Å². The summed E-state index contributed by atoms with van der Waals surface area (Å²) in [6.07, 6.45) is 2.15. The highest BCUT2D eigenvalue weighted by atomic mass is 19.1. The quantitative estimate of drug-likeness (QED) is 0.737. The fourth-order valence-electron chi connectivity index (χ4n) is 1.99. The molecule has 2 heteroatoms. The predicted molar refractivity (Wildman–Crippen MR) is 61.5 cm³/mol. The van der Waals surface area contributed by atoms with Crippen molar-refractivity contribution in [3.05, 3.63) is 29.1 Å².